The van der Waals surface area contributed by atoms with E-state index in [1.807, 2.05) is 0 Å². The van der Waals surface area contributed by atoms with Crippen molar-refractivity contribution in [2.75, 3.05) is 18.4 Å². The zero-order valence-electron chi connectivity index (χ0n) is 13.2. The van der Waals surface area contributed by atoms with Crippen molar-refractivity contribution < 1.29 is 0 Å². The summed E-state index contributed by atoms with van der Waals surface area (Å²) in [6.07, 6.45) is 1.23. The monoisotopic (exact) mass is 264 g/mol. The molecule has 1 aromatic rings. The number of aromatic nitrogens is 2. The SMILES string of the molecule is Cc1nn(C(C)C)c(C)c1NC1CCN(C(C)C)C1. The molecule has 2 rings (SSSR count). The minimum absolute atomic E-state index is 0.421. The fourth-order valence-electron chi connectivity index (χ4n) is 2.95. The van der Waals surface area contributed by atoms with Crippen LogP contribution in [0.4, 0.5) is 5.69 Å². The summed E-state index contributed by atoms with van der Waals surface area (Å²) < 4.78 is 2.12. The quantitative estimate of drug-likeness (QED) is 0.907. The van der Waals surface area contributed by atoms with Gasteiger partial charge in [-0.3, -0.25) is 9.58 Å². The van der Waals surface area contributed by atoms with Gasteiger partial charge in [0.2, 0.25) is 0 Å². The molecule has 1 N–H and O–H groups in total. The summed E-state index contributed by atoms with van der Waals surface area (Å²) in [7, 11) is 0. The fourth-order valence-corrected chi connectivity index (χ4v) is 2.95. The number of nitrogens with one attached hydrogen (secondary N) is 1. The Morgan fingerprint density at radius 2 is 1.84 bits per heavy atom. The number of hydrogen-bond acceptors (Lipinski definition) is 3. The van der Waals surface area contributed by atoms with Crippen LogP contribution < -0.4 is 5.32 Å². The maximum absolute atomic E-state index is 4.65. The summed E-state index contributed by atoms with van der Waals surface area (Å²) in [6, 6.07) is 1.63. The first-order chi connectivity index (χ1) is 8.90. The van der Waals surface area contributed by atoms with Crippen LogP contribution in [-0.4, -0.2) is 39.9 Å². The standard InChI is InChI=1S/C15H28N4/c1-10(2)18-8-7-14(9-18)16-15-12(5)17-19(11(3)4)13(15)6/h10-11,14,16H,7-9H2,1-6H3. The van der Waals surface area contributed by atoms with Gasteiger partial charge in [0.15, 0.2) is 0 Å². The van der Waals surface area contributed by atoms with E-state index in [0.29, 0.717) is 18.1 Å². The second kappa shape index (κ2) is 5.53. The zero-order chi connectivity index (χ0) is 14.2. The lowest BCUT2D eigenvalue weighted by Gasteiger charge is -2.21. The van der Waals surface area contributed by atoms with Gasteiger partial charge in [0.25, 0.3) is 0 Å². The van der Waals surface area contributed by atoms with E-state index in [0.717, 1.165) is 12.2 Å². The van der Waals surface area contributed by atoms with E-state index < -0.39 is 0 Å². The Morgan fingerprint density at radius 1 is 1.16 bits per heavy atom. The summed E-state index contributed by atoms with van der Waals surface area (Å²) in [5, 5.41) is 8.36. The molecule has 0 aliphatic carbocycles. The molecule has 1 unspecified atom stereocenters. The van der Waals surface area contributed by atoms with E-state index >= 15 is 0 Å². The Hall–Kier alpha value is -1.03. The third kappa shape index (κ3) is 2.94. The molecule has 0 radical (unpaired) electrons. The molecule has 1 aliphatic heterocycles. The number of rotatable bonds is 4. The molecule has 4 nitrogen and oxygen atoms in total. The second-order valence-electron chi connectivity index (χ2n) is 6.30. The maximum Gasteiger partial charge on any atom is 0.0828 e. The minimum atomic E-state index is 0.421. The van der Waals surface area contributed by atoms with Crippen molar-refractivity contribution in [2.24, 2.45) is 0 Å². The molecule has 1 fully saturated rings. The molecular formula is C15H28N4. The lowest BCUT2D eigenvalue weighted by Crippen LogP contribution is -2.31. The highest BCUT2D eigenvalue weighted by molar-refractivity contribution is 5.53. The smallest absolute Gasteiger partial charge is 0.0828 e. The maximum atomic E-state index is 4.65. The van der Waals surface area contributed by atoms with E-state index in [-0.39, 0.29) is 0 Å². The molecular weight excluding hydrogens is 236 g/mol. The Bertz CT molecular complexity index is 434. The summed E-state index contributed by atoms with van der Waals surface area (Å²) in [4.78, 5) is 2.54. The lowest BCUT2D eigenvalue weighted by atomic mass is 10.2. The number of likely N-dealkylation sites (tertiary alicyclic amines) is 1. The predicted molar refractivity (Wildman–Crippen MR) is 80.8 cm³/mol. The van der Waals surface area contributed by atoms with Gasteiger partial charge in [0, 0.05) is 31.2 Å². The van der Waals surface area contributed by atoms with Crippen LogP contribution in [0.25, 0.3) is 0 Å². The molecule has 0 saturated carbocycles. The van der Waals surface area contributed by atoms with Gasteiger partial charge in [0.1, 0.15) is 0 Å². The molecule has 108 valence electrons. The molecule has 1 atom stereocenters. The Kier molecular flexibility index (Phi) is 4.19. The van der Waals surface area contributed by atoms with Crippen LogP contribution >= 0.6 is 0 Å². The number of nitrogens with zero attached hydrogens (tertiary/aromatic N) is 3. The van der Waals surface area contributed by atoms with E-state index in [1.165, 1.54) is 24.3 Å². The number of hydrogen-bond donors (Lipinski definition) is 1. The van der Waals surface area contributed by atoms with Gasteiger partial charge < -0.3 is 5.32 Å². The van der Waals surface area contributed by atoms with Crippen molar-refractivity contribution in [1.82, 2.24) is 14.7 Å². The number of anilines is 1. The summed E-state index contributed by atoms with van der Waals surface area (Å²) >= 11 is 0. The van der Waals surface area contributed by atoms with Crippen LogP contribution in [0.3, 0.4) is 0 Å². The van der Waals surface area contributed by atoms with Crippen molar-refractivity contribution >= 4 is 5.69 Å². The highest BCUT2D eigenvalue weighted by Gasteiger charge is 2.25. The second-order valence-corrected chi connectivity index (χ2v) is 6.30. The van der Waals surface area contributed by atoms with Gasteiger partial charge in [0.05, 0.1) is 17.1 Å². The van der Waals surface area contributed by atoms with Crippen molar-refractivity contribution in [1.29, 1.82) is 0 Å². The molecule has 19 heavy (non-hydrogen) atoms. The predicted octanol–water partition coefficient (Wildman–Crippen LogP) is 2.98. The molecule has 2 heterocycles. The summed E-state index contributed by atoms with van der Waals surface area (Å²) in [5.74, 6) is 0. The Labute approximate surface area is 117 Å². The highest BCUT2D eigenvalue weighted by Crippen LogP contribution is 2.25. The van der Waals surface area contributed by atoms with Crippen LogP contribution in [-0.2, 0) is 0 Å². The van der Waals surface area contributed by atoms with Crippen LogP contribution in [0.1, 0.15) is 51.5 Å². The average molecular weight is 264 g/mol. The van der Waals surface area contributed by atoms with Gasteiger partial charge in [-0.2, -0.15) is 5.10 Å². The van der Waals surface area contributed by atoms with Crippen molar-refractivity contribution in [3.8, 4) is 0 Å². The third-order valence-corrected chi connectivity index (χ3v) is 4.11. The van der Waals surface area contributed by atoms with Crippen molar-refractivity contribution in [3.05, 3.63) is 11.4 Å². The largest absolute Gasteiger partial charge is 0.378 e. The normalized spacial score (nSPS) is 20.7. The summed E-state index contributed by atoms with van der Waals surface area (Å²) in [6.45, 7) is 15.5. The minimum Gasteiger partial charge on any atom is -0.378 e. The average Bonchev–Trinajstić information content (AvgIpc) is 2.89. The molecule has 1 saturated heterocycles. The van der Waals surface area contributed by atoms with Gasteiger partial charge in [-0.15, -0.1) is 0 Å². The van der Waals surface area contributed by atoms with Gasteiger partial charge in [-0.1, -0.05) is 0 Å². The first-order valence-corrected chi connectivity index (χ1v) is 7.46. The van der Waals surface area contributed by atoms with Gasteiger partial charge in [-0.25, -0.2) is 0 Å². The van der Waals surface area contributed by atoms with Crippen molar-refractivity contribution in [3.63, 3.8) is 0 Å². The topological polar surface area (TPSA) is 33.1 Å². The molecule has 4 heteroatoms. The van der Waals surface area contributed by atoms with Crippen LogP contribution in [0.15, 0.2) is 0 Å². The third-order valence-electron chi connectivity index (χ3n) is 4.11. The van der Waals surface area contributed by atoms with Crippen LogP contribution in [0, 0.1) is 13.8 Å². The van der Waals surface area contributed by atoms with E-state index in [2.05, 4.69) is 61.5 Å². The molecule has 0 aromatic carbocycles. The Balaban J connectivity index is 2.08. The van der Waals surface area contributed by atoms with E-state index in [9.17, 15) is 0 Å². The summed E-state index contributed by atoms with van der Waals surface area (Å²) in [5.41, 5.74) is 3.62. The highest BCUT2D eigenvalue weighted by atomic mass is 15.3. The molecule has 0 amide bonds. The molecule has 1 aliphatic rings. The first-order valence-electron chi connectivity index (χ1n) is 7.46. The van der Waals surface area contributed by atoms with Crippen molar-refractivity contribution in [2.45, 2.75) is 66.1 Å². The van der Waals surface area contributed by atoms with Gasteiger partial charge >= 0.3 is 0 Å². The van der Waals surface area contributed by atoms with Crippen LogP contribution in [0.2, 0.25) is 0 Å². The number of aryl methyl sites for hydroxylation is 1. The molecule has 0 bridgehead atoms. The Morgan fingerprint density at radius 3 is 2.32 bits per heavy atom. The first kappa shape index (κ1) is 14.4. The molecule has 1 aromatic heterocycles. The van der Waals surface area contributed by atoms with Crippen LogP contribution in [0.5, 0.6) is 0 Å². The van der Waals surface area contributed by atoms with E-state index in [1.54, 1.807) is 0 Å². The molecule has 0 spiro atoms. The van der Waals surface area contributed by atoms with E-state index in [4.69, 9.17) is 0 Å². The lowest BCUT2D eigenvalue weighted by molar-refractivity contribution is 0.274. The zero-order valence-corrected chi connectivity index (χ0v) is 13.2. The fraction of sp³-hybridized carbons (Fsp3) is 0.800. The van der Waals surface area contributed by atoms with Gasteiger partial charge in [-0.05, 0) is 48.0 Å².